The van der Waals surface area contributed by atoms with Gasteiger partial charge in [0.25, 0.3) is 17.6 Å². The van der Waals surface area contributed by atoms with E-state index in [-0.39, 0.29) is 17.6 Å². The molecule has 0 N–H and O–H groups in total. The number of fused-ring (bicyclic) bond motifs is 1. The number of nitrogens with zero attached hydrogens (tertiary/aromatic N) is 7. The fraction of sp³-hybridized carbons (Fsp3) is 0.280. The number of carbonyl (C=O) groups is 2. The van der Waals surface area contributed by atoms with E-state index in [1.807, 2.05) is 38.1 Å². The Hall–Kier alpha value is -4.05. The van der Waals surface area contributed by atoms with Crippen molar-refractivity contribution in [3.05, 3.63) is 71.1 Å². The second-order valence-corrected chi connectivity index (χ2v) is 9.55. The SMILES string of the molecule is COc1nc(C(=O)N2CCN(C(=O)c3nnn(-c4cccc(Cl)c4)n3)C(C)(C)C2)cc2ccccc12. The van der Waals surface area contributed by atoms with Crippen molar-refractivity contribution in [2.45, 2.75) is 19.4 Å². The largest absolute Gasteiger partial charge is 0.481 e. The summed E-state index contributed by atoms with van der Waals surface area (Å²) in [7, 11) is 1.53. The first-order valence-corrected chi connectivity index (χ1v) is 11.8. The van der Waals surface area contributed by atoms with Crippen LogP contribution in [0.5, 0.6) is 5.88 Å². The highest BCUT2D eigenvalue weighted by Gasteiger charge is 2.40. The Bertz CT molecular complexity index is 1470. The maximum atomic E-state index is 13.4. The monoisotopic (exact) mass is 505 g/mol. The summed E-state index contributed by atoms with van der Waals surface area (Å²) in [5.74, 6) is -0.197. The smallest absolute Gasteiger partial charge is 0.296 e. The molecule has 184 valence electrons. The Morgan fingerprint density at radius 2 is 1.83 bits per heavy atom. The third kappa shape index (κ3) is 4.35. The molecule has 2 amide bonds. The van der Waals surface area contributed by atoms with Crippen LogP contribution in [0.2, 0.25) is 5.02 Å². The van der Waals surface area contributed by atoms with E-state index in [0.29, 0.717) is 41.9 Å². The van der Waals surface area contributed by atoms with Gasteiger partial charge in [-0.05, 0) is 54.8 Å². The van der Waals surface area contributed by atoms with E-state index < -0.39 is 5.54 Å². The molecule has 1 aliphatic heterocycles. The molecule has 0 saturated carbocycles. The Labute approximate surface area is 212 Å². The van der Waals surface area contributed by atoms with Gasteiger partial charge in [-0.3, -0.25) is 9.59 Å². The fourth-order valence-electron chi connectivity index (χ4n) is 4.43. The standard InChI is InChI=1S/C25H24ClN7O3/c1-25(2)15-31(23(34)20-13-16-7-4-5-10-19(16)22(27-20)36-3)11-12-32(25)24(35)21-28-30-33(29-21)18-9-6-8-17(26)14-18/h4-10,13-14H,11-12,15H2,1-3H3. The molecule has 0 radical (unpaired) electrons. The van der Waals surface area contributed by atoms with Crippen molar-refractivity contribution in [1.82, 2.24) is 35.0 Å². The molecule has 0 aliphatic carbocycles. The fourth-order valence-corrected chi connectivity index (χ4v) is 4.61. The highest BCUT2D eigenvalue weighted by molar-refractivity contribution is 6.30. The molecule has 3 heterocycles. The van der Waals surface area contributed by atoms with Gasteiger partial charge in [0.1, 0.15) is 5.69 Å². The Morgan fingerprint density at radius 1 is 1.03 bits per heavy atom. The number of ether oxygens (including phenoxy) is 1. The number of carbonyl (C=O) groups excluding carboxylic acids is 2. The molecule has 0 unspecified atom stereocenters. The summed E-state index contributed by atoms with van der Waals surface area (Å²) in [6.07, 6.45) is 0. The van der Waals surface area contributed by atoms with Gasteiger partial charge in [-0.1, -0.05) is 35.9 Å². The molecule has 36 heavy (non-hydrogen) atoms. The molecule has 10 nitrogen and oxygen atoms in total. The molecule has 5 rings (SSSR count). The van der Waals surface area contributed by atoms with Gasteiger partial charge < -0.3 is 14.5 Å². The number of rotatable bonds is 4. The molecule has 1 aliphatic rings. The van der Waals surface area contributed by atoms with Crippen LogP contribution in [-0.4, -0.2) is 79.1 Å². The van der Waals surface area contributed by atoms with Crippen molar-refractivity contribution in [1.29, 1.82) is 0 Å². The van der Waals surface area contributed by atoms with Crippen LogP contribution in [-0.2, 0) is 0 Å². The summed E-state index contributed by atoms with van der Waals surface area (Å²) in [6.45, 7) is 4.78. The predicted molar refractivity (Wildman–Crippen MR) is 133 cm³/mol. The number of halogens is 1. The van der Waals surface area contributed by atoms with Crippen LogP contribution in [0.3, 0.4) is 0 Å². The van der Waals surface area contributed by atoms with Gasteiger partial charge in [0, 0.05) is 30.0 Å². The van der Waals surface area contributed by atoms with Crippen molar-refractivity contribution in [3.63, 3.8) is 0 Å². The minimum Gasteiger partial charge on any atom is -0.481 e. The number of hydrogen-bond donors (Lipinski definition) is 0. The number of hydrogen-bond acceptors (Lipinski definition) is 7. The van der Waals surface area contributed by atoms with Gasteiger partial charge >= 0.3 is 0 Å². The number of pyridine rings is 1. The summed E-state index contributed by atoms with van der Waals surface area (Å²) in [4.78, 5) is 35.8. The lowest BCUT2D eigenvalue weighted by molar-refractivity contribution is 0.0158. The van der Waals surface area contributed by atoms with E-state index in [4.69, 9.17) is 16.3 Å². The predicted octanol–water partition coefficient (Wildman–Crippen LogP) is 3.25. The van der Waals surface area contributed by atoms with E-state index in [0.717, 1.165) is 10.8 Å². The first kappa shape index (κ1) is 23.7. The average molecular weight is 506 g/mol. The maximum absolute atomic E-state index is 13.4. The molecule has 1 saturated heterocycles. The molecular formula is C25H24ClN7O3. The average Bonchev–Trinajstić information content (AvgIpc) is 3.37. The quantitative estimate of drug-likeness (QED) is 0.419. The van der Waals surface area contributed by atoms with Crippen molar-refractivity contribution in [2.75, 3.05) is 26.7 Å². The molecule has 11 heteroatoms. The van der Waals surface area contributed by atoms with E-state index in [9.17, 15) is 9.59 Å². The van der Waals surface area contributed by atoms with Crippen molar-refractivity contribution < 1.29 is 14.3 Å². The van der Waals surface area contributed by atoms with Gasteiger partial charge in [-0.2, -0.15) is 0 Å². The van der Waals surface area contributed by atoms with Crippen LogP contribution in [0.25, 0.3) is 16.5 Å². The van der Waals surface area contributed by atoms with E-state index in [2.05, 4.69) is 20.4 Å². The van der Waals surface area contributed by atoms with Crippen molar-refractivity contribution >= 4 is 34.2 Å². The minimum absolute atomic E-state index is 0.0243. The number of aromatic nitrogens is 5. The summed E-state index contributed by atoms with van der Waals surface area (Å²) in [5.41, 5.74) is 0.224. The highest BCUT2D eigenvalue weighted by Crippen LogP contribution is 2.27. The summed E-state index contributed by atoms with van der Waals surface area (Å²) < 4.78 is 5.42. The Balaban J connectivity index is 1.34. The van der Waals surface area contributed by atoms with Gasteiger partial charge in [-0.25, -0.2) is 4.98 Å². The van der Waals surface area contributed by atoms with E-state index in [1.54, 1.807) is 40.1 Å². The van der Waals surface area contributed by atoms with Gasteiger partial charge in [0.05, 0.1) is 18.3 Å². The molecule has 0 spiro atoms. The third-order valence-corrected chi connectivity index (χ3v) is 6.43. The van der Waals surface area contributed by atoms with Gasteiger partial charge in [0.15, 0.2) is 0 Å². The van der Waals surface area contributed by atoms with Crippen LogP contribution in [0, 0.1) is 0 Å². The summed E-state index contributed by atoms with van der Waals surface area (Å²) >= 11 is 6.04. The number of tetrazole rings is 1. The maximum Gasteiger partial charge on any atom is 0.296 e. The zero-order valence-corrected chi connectivity index (χ0v) is 20.8. The van der Waals surface area contributed by atoms with Crippen LogP contribution < -0.4 is 4.74 Å². The zero-order valence-electron chi connectivity index (χ0n) is 20.1. The van der Waals surface area contributed by atoms with Crippen LogP contribution in [0.4, 0.5) is 0 Å². The van der Waals surface area contributed by atoms with Crippen molar-refractivity contribution in [2.24, 2.45) is 0 Å². The van der Waals surface area contributed by atoms with Crippen LogP contribution >= 0.6 is 11.6 Å². The molecule has 0 atom stereocenters. The highest BCUT2D eigenvalue weighted by atomic mass is 35.5. The summed E-state index contributed by atoms with van der Waals surface area (Å²) in [5, 5.41) is 14.4. The number of piperazine rings is 1. The van der Waals surface area contributed by atoms with E-state index in [1.165, 1.54) is 11.9 Å². The normalized spacial score (nSPS) is 15.2. The number of methoxy groups -OCH3 is 1. The van der Waals surface area contributed by atoms with E-state index >= 15 is 0 Å². The molecular weight excluding hydrogens is 482 g/mol. The zero-order chi connectivity index (χ0) is 25.4. The topological polar surface area (TPSA) is 106 Å². The molecule has 2 aromatic heterocycles. The minimum atomic E-state index is -0.673. The molecule has 1 fully saturated rings. The van der Waals surface area contributed by atoms with Crippen LogP contribution in [0.15, 0.2) is 54.6 Å². The summed E-state index contributed by atoms with van der Waals surface area (Å²) in [6, 6.07) is 16.3. The van der Waals surface area contributed by atoms with Gasteiger partial charge in [-0.15, -0.1) is 15.0 Å². The lowest BCUT2D eigenvalue weighted by Crippen LogP contribution is -2.62. The number of benzene rings is 2. The van der Waals surface area contributed by atoms with Crippen molar-refractivity contribution in [3.8, 4) is 11.6 Å². The second-order valence-electron chi connectivity index (χ2n) is 9.12. The second kappa shape index (κ2) is 9.19. The van der Waals surface area contributed by atoms with Crippen LogP contribution in [0.1, 0.15) is 35.0 Å². The first-order valence-electron chi connectivity index (χ1n) is 11.4. The lowest BCUT2D eigenvalue weighted by Gasteiger charge is -2.46. The Morgan fingerprint density at radius 3 is 2.58 bits per heavy atom. The third-order valence-electron chi connectivity index (χ3n) is 6.20. The first-order chi connectivity index (χ1) is 17.3. The molecule has 2 aromatic carbocycles. The van der Waals surface area contributed by atoms with Gasteiger partial charge in [0.2, 0.25) is 5.88 Å². The molecule has 4 aromatic rings. The Kier molecular flexibility index (Phi) is 6.05. The molecule has 0 bridgehead atoms. The number of amides is 2. The lowest BCUT2D eigenvalue weighted by atomic mass is 9.98.